The van der Waals surface area contributed by atoms with Crippen molar-refractivity contribution in [1.29, 1.82) is 0 Å². The van der Waals surface area contributed by atoms with Crippen molar-refractivity contribution in [3.8, 4) is 11.4 Å². The Morgan fingerprint density at radius 2 is 1.94 bits per heavy atom. The van der Waals surface area contributed by atoms with Gasteiger partial charge < -0.3 is 19.1 Å². The number of furan rings is 1. The van der Waals surface area contributed by atoms with Crippen molar-refractivity contribution in [2.24, 2.45) is 0 Å². The van der Waals surface area contributed by atoms with Crippen molar-refractivity contribution >= 4 is 58.2 Å². The van der Waals surface area contributed by atoms with Crippen molar-refractivity contribution in [3.63, 3.8) is 0 Å². The summed E-state index contributed by atoms with van der Waals surface area (Å²) in [6.45, 7) is 2.52. The maximum absolute atomic E-state index is 12.0. The van der Waals surface area contributed by atoms with Crippen LogP contribution in [0.2, 0.25) is 5.02 Å². The maximum atomic E-state index is 12.0. The second kappa shape index (κ2) is 10.0. The monoisotopic (exact) mass is 523 g/mol. The van der Waals surface area contributed by atoms with Gasteiger partial charge in [-0.15, -0.1) is 10.2 Å². The average molecular weight is 524 g/mol. The second-order valence-electron chi connectivity index (χ2n) is 7.29. The molecule has 8 nitrogen and oxygen atoms in total. The van der Waals surface area contributed by atoms with Crippen LogP contribution in [0.1, 0.15) is 12.7 Å². The molecule has 11 heteroatoms. The molecule has 0 atom stereocenters. The van der Waals surface area contributed by atoms with Gasteiger partial charge in [-0.05, 0) is 79.0 Å². The van der Waals surface area contributed by atoms with Gasteiger partial charge in [0.1, 0.15) is 10.7 Å². The van der Waals surface area contributed by atoms with Crippen LogP contribution in [0.15, 0.2) is 85.4 Å². The van der Waals surface area contributed by atoms with E-state index in [4.69, 9.17) is 16.0 Å². The second-order valence-corrected chi connectivity index (χ2v) is 9.73. The topological polar surface area (TPSA) is 110 Å². The molecule has 0 amide bonds. The molecular formula is C24H18ClN5O3S2. The number of rotatable bonds is 8. The molecule has 5 rings (SSSR count). The van der Waals surface area contributed by atoms with E-state index in [1.165, 1.54) is 17.8 Å². The number of aromatic nitrogens is 5. The molecule has 0 saturated carbocycles. The fourth-order valence-electron chi connectivity index (χ4n) is 3.36. The Labute approximate surface area is 213 Å². The molecule has 5 aromatic rings. The van der Waals surface area contributed by atoms with Crippen LogP contribution in [0.4, 0.5) is 0 Å². The minimum atomic E-state index is -1.09. The van der Waals surface area contributed by atoms with Crippen molar-refractivity contribution < 1.29 is 14.3 Å². The molecule has 3 heterocycles. The number of benzene rings is 2. The lowest BCUT2D eigenvalue weighted by molar-refractivity contribution is -0.131. The first-order valence-electron chi connectivity index (χ1n) is 10.5. The zero-order valence-electron chi connectivity index (χ0n) is 18.3. The first-order valence-corrected chi connectivity index (χ1v) is 12.6. The molecule has 3 aromatic heterocycles. The number of carboxylic acid groups (broad SMARTS) is 1. The highest BCUT2D eigenvalue weighted by Gasteiger charge is 2.19. The number of nitrogens with one attached hydrogen (secondary N) is 1. The standard InChI is InChI=1S/C24H18ClN5O3S2/c1-2-30-21(14-7-9-15(25)10-8-14)28-29-24(30)34-19(22(31)32)13-16-11-12-20(33-16)35-23-26-17-5-3-4-6-18(17)27-23/h3-13H,2H2,1H3,(H,26,27)(H,31,32)/b19-13-. The smallest absolute Gasteiger partial charge is 0.342 e. The number of hydrogen-bond acceptors (Lipinski definition) is 7. The minimum absolute atomic E-state index is 0.0596. The molecule has 0 unspecified atom stereocenters. The van der Waals surface area contributed by atoms with Gasteiger partial charge in [0.2, 0.25) is 0 Å². The largest absolute Gasteiger partial charge is 0.477 e. The Bertz CT molecular complexity index is 1510. The quantitative estimate of drug-likeness (QED) is 0.176. The van der Waals surface area contributed by atoms with Gasteiger partial charge in [-0.25, -0.2) is 9.78 Å². The number of fused-ring (bicyclic) bond motifs is 1. The van der Waals surface area contributed by atoms with Crippen molar-refractivity contribution in [1.82, 2.24) is 24.7 Å². The number of carboxylic acids is 1. The van der Waals surface area contributed by atoms with Crippen molar-refractivity contribution in [3.05, 3.63) is 76.4 Å². The molecule has 0 spiro atoms. The van der Waals surface area contributed by atoms with Crippen LogP contribution in [0.3, 0.4) is 0 Å². The number of halogens is 1. The van der Waals surface area contributed by atoms with Crippen LogP contribution in [0, 0.1) is 0 Å². The number of H-pyrrole nitrogens is 1. The number of thioether (sulfide) groups is 1. The summed E-state index contributed by atoms with van der Waals surface area (Å²) in [4.78, 5) is 19.8. The Morgan fingerprint density at radius 3 is 2.69 bits per heavy atom. The summed E-state index contributed by atoms with van der Waals surface area (Å²) in [6.07, 6.45) is 1.48. The van der Waals surface area contributed by atoms with Gasteiger partial charge in [0.15, 0.2) is 21.2 Å². The van der Waals surface area contributed by atoms with Gasteiger partial charge in [-0.3, -0.25) is 0 Å². The predicted octanol–water partition coefficient (Wildman–Crippen LogP) is 6.46. The first-order chi connectivity index (χ1) is 17.0. The van der Waals surface area contributed by atoms with Crippen LogP contribution in [-0.2, 0) is 11.3 Å². The molecule has 2 N–H and O–H groups in total. The van der Waals surface area contributed by atoms with Gasteiger partial charge in [-0.1, -0.05) is 23.7 Å². The fourth-order valence-corrected chi connectivity index (χ4v) is 5.13. The molecule has 0 bridgehead atoms. The van der Waals surface area contributed by atoms with E-state index in [1.54, 1.807) is 24.3 Å². The van der Waals surface area contributed by atoms with E-state index < -0.39 is 5.97 Å². The highest BCUT2D eigenvalue weighted by atomic mass is 35.5. The number of hydrogen-bond donors (Lipinski definition) is 2. The number of nitrogens with zero attached hydrogens (tertiary/aromatic N) is 4. The summed E-state index contributed by atoms with van der Waals surface area (Å²) in [5, 5.41) is 20.7. The maximum Gasteiger partial charge on any atom is 0.342 e. The SMILES string of the molecule is CCn1c(S/C(=C\c2ccc(Sc3nc4ccccc4[nH]3)o2)C(=O)O)nnc1-c1ccc(Cl)cc1. The van der Waals surface area contributed by atoms with E-state index in [9.17, 15) is 9.90 Å². The van der Waals surface area contributed by atoms with E-state index in [2.05, 4.69) is 20.2 Å². The number of imidazole rings is 1. The molecule has 35 heavy (non-hydrogen) atoms. The van der Waals surface area contributed by atoms with Crippen LogP contribution < -0.4 is 0 Å². The van der Waals surface area contributed by atoms with E-state index >= 15 is 0 Å². The minimum Gasteiger partial charge on any atom is -0.477 e. The molecule has 0 radical (unpaired) electrons. The van der Waals surface area contributed by atoms with Crippen LogP contribution in [0.5, 0.6) is 0 Å². The summed E-state index contributed by atoms with van der Waals surface area (Å²) >= 11 is 8.34. The Balaban J connectivity index is 1.37. The van der Waals surface area contributed by atoms with Gasteiger partial charge >= 0.3 is 5.97 Å². The highest BCUT2D eigenvalue weighted by molar-refractivity contribution is 8.04. The third-order valence-electron chi connectivity index (χ3n) is 4.99. The summed E-state index contributed by atoms with van der Waals surface area (Å²) in [5.74, 6) is -0.0375. The van der Waals surface area contributed by atoms with E-state index in [-0.39, 0.29) is 4.91 Å². The van der Waals surface area contributed by atoms with Crippen molar-refractivity contribution in [2.45, 2.75) is 28.9 Å². The molecule has 0 aliphatic carbocycles. The zero-order valence-corrected chi connectivity index (χ0v) is 20.7. The number of aromatic amines is 1. The van der Waals surface area contributed by atoms with Gasteiger partial charge in [0, 0.05) is 23.2 Å². The van der Waals surface area contributed by atoms with Crippen LogP contribution in [-0.4, -0.2) is 35.8 Å². The predicted molar refractivity (Wildman–Crippen MR) is 137 cm³/mol. The third-order valence-corrected chi connectivity index (χ3v) is 7.04. The third kappa shape index (κ3) is 5.14. The van der Waals surface area contributed by atoms with E-state index in [1.807, 2.05) is 47.9 Å². The Hall–Kier alpha value is -3.47. The molecule has 176 valence electrons. The molecule has 0 fully saturated rings. The molecular weight excluding hydrogens is 506 g/mol. The average Bonchev–Trinajstić information content (AvgIpc) is 3.57. The zero-order chi connectivity index (χ0) is 24.4. The molecule has 0 aliphatic heterocycles. The van der Waals surface area contributed by atoms with Gasteiger partial charge in [-0.2, -0.15) is 0 Å². The van der Waals surface area contributed by atoms with Gasteiger partial charge in [0.25, 0.3) is 0 Å². The summed E-state index contributed by atoms with van der Waals surface area (Å²) < 4.78 is 7.70. The van der Waals surface area contributed by atoms with E-state index in [0.717, 1.165) is 28.4 Å². The lowest BCUT2D eigenvalue weighted by atomic mass is 10.2. The molecule has 0 aliphatic rings. The highest BCUT2D eigenvalue weighted by Crippen LogP contribution is 2.33. The molecule has 2 aromatic carbocycles. The number of para-hydroxylation sites is 2. The normalized spacial score (nSPS) is 11.9. The number of aliphatic carboxylic acids is 1. The first kappa shape index (κ1) is 23.3. The Morgan fingerprint density at radius 1 is 1.14 bits per heavy atom. The lowest BCUT2D eigenvalue weighted by Crippen LogP contribution is -2.02. The van der Waals surface area contributed by atoms with Crippen molar-refractivity contribution in [2.75, 3.05) is 0 Å². The molecule has 0 saturated heterocycles. The summed E-state index contributed by atoms with van der Waals surface area (Å²) in [6, 6.07) is 18.5. The Kier molecular flexibility index (Phi) is 6.67. The van der Waals surface area contributed by atoms with E-state index in [0.29, 0.717) is 38.6 Å². The van der Waals surface area contributed by atoms with Crippen LogP contribution >= 0.6 is 35.1 Å². The van der Waals surface area contributed by atoms with Gasteiger partial charge in [0.05, 0.1) is 11.0 Å². The number of carbonyl (C=O) groups is 1. The summed E-state index contributed by atoms with van der Waals surface area (Å²) in [5.41, 5.74) is 2.64. The lowest BCUT2D eigenvalue weighted by Gasteiger charge is -2.07. The summed E-state index contributed by atoms with van der Waals surface area (Å²) in [7, 11) is 0. The fraction of sp³-hybridized carbons (Fsp3) is 0.0833. The van der Waals surface area contributed by atoms with Crippen LogP contribution in [0.25, 0.3) is 28.5 Å².